The summed E-state index contributed by atoms with van der Waals surface area (Å²) in [4.78, 5) is 56.9. The molecule has 4 aliphatic rings. The number of allylic oxidation sites excluding steroid dienone is 4. The maximum atomic E-state index is 14.1. The highest BCUT2D eigenvalue weighted by Crippen LogP contribution is 2.37. The van der Waals surface area contributed by atoms with Crippen LogP contribution in [0.4, 0.5) is 0 Å². The van der Waals surface area contributed by atoms with Crippen molar-refractivity contribution in [2.75, 3.05) is 26.9 Å². The monoisotopic (exact) mass is 775 g/mol. The summed E-state index contributed by atoms with van der Waals surface area (Å²) >= 11 is 0. The quantitative estimate of drug-likeness (QED) is 0.144. The van der Waals surface area contributed by atoms with Gasteiger partial charge in [-0.25, -0.2) is 4.79 Å². The van der Waals surface area contributed by atoms with E-state index in [4.69, 9.17) is 14.2 Å². The summed E-state index contributed by atoms with van der Waals surface area (Å²) in [6, 6.07) is -1.16. The van der Waals surface area contributed by atoms with Gasteiger partial charge < -0.3 is 44.6 Å². The largest absolute Gasteiger partial charge is 0.456 e. The maximum Gasteiger partial charge on any atom is 0.329 e. The molecule has 0 aromatic carbocycles. The third-order valence-electron chi connectivity index (χ3n) is 12.3. The second-order valence-corrected chi connectivity index (χ2v) is 16.6. The van der Waals surface area contributed by atoms with Crippen LogP contribution < -0.4 is 0 Å². The fourth-order valence-electron chi connectivity index (χ4n) is 8.88. The molecule has 1 unspecified atom stereocenters. The molecular weight excluding hydrogens is 710 g/mol. The number of aliphatic hydroxyl groups excluding tert-OH is 4. The van der Waals surface area contributed by atoms with Crippen molar-refractivity contribution in [3.8, 4) is 0 Å². The number of carbonyl (C=O) groups is 4. The Morgan fingerprint density at radius 1 is 0.964 bits per heavy atom. The minimum Gasteiger partial charge on any atom is -0.456 e. The molecule has 1 amide bonds. The third kappa shape index (κ3) is 11.4. The minimum absolute atomic E-state index is 0.0133. The molecule has 2 saturated heterocycles. The standard InChI is InChI=1S/C42H65NO12/c1-6-9-29-19-25(2)18-26(3)20-37(53-5)38-30(23-44)15-16-42(52,55-38)39(49)40(50)43-17-8-7-10-32(43)41(51)54-36(27(4)34(47)22-35(29)48)14-12-28-11-13-33(46)31(21-28)24-45/h6,12,14,19,26-34,36-38,44-47,52H,1,7-11,13,15-18,20-24H2,2-5H3/b14-12+,25-19+/t26-,27+,28-,29+,30+,31-,32?,33+,34-,36+,37-,38-,42+/m0/s1. The molecule has 5 N–H and O–H groups in total. The van der Waals surface area contributed by atoms with Gasteiger partial charge in [-0.15, -0.1) is 6.58 Å². The Hall–Kier alpha value is -2.78. The number of methoxy groups -OCH3 is 1. The number of esters is 1. The first kappa shape index (κ1) is 44.9. The van der Waals surface area contributed by atoms with E-state index in [1.165, 1.54) is 7.11 Å². The lowest BCUT2D eigenvalue weighted by Gasteiger charge is -2.44. The molecule has 13 atom stereocenters. The van der Waals surface area contributed by atoms with Crippen LogP contribution >= 0.6 is 0 Å². The van der Waals surface area contributed by atoms with E-state index in [0.29, 0.717) is 51.4 Å². The smallest absolute Gasteiger partial charge is 0.329 e. The van der Waals surface area contributed by atoms with Crippen molar-refractivity contribution in [1.82, 2.24) is 4.90 Å². The molecule has 0 radical (unpaired) electrons. The van der Waals surface area contributed by atoms with E-state index >= 15 is 0 Å². The fourth-order valence-corrected chi connectivity index (χ4v) is 8.88. The molecule has 3 aliphatic heterocycles. The number of ether oxygens (including phenoxy) is 3. The van der Waals surface area contributed by atoms with Gasteiger partial charge in [-0.2, -0.15) is 0 Å². The third-order valence-corrected chi connectivity index (χ3v) is 12.3. The van der Waals surface area contributed by atoms with Crippen LogP contribution in [0.1, 0.15) is 97.8 Å². The predicted molar refractivity (Wildman–Crippen MR) is 203 cm³/mol. The van der Waals surface area contributed by atoms with Gasteiger partial charge in [-0.1, -0.05) is 37.6 Å². The first-order valence-electron chi connectivity index (χ1n) is 20.2. The summed E-state index contributed by atoms with van der Waals surface area (Å²) in [6.07, 6.45) is 6.72. The highest BCUT2D eigenvalue weighted by molar-refractivity contribution is 6.39. The Bertz CT molecular complexity index is 1400. The second kappa shape index (κ2) is 20.6. The van der Waals surface area contributed by atoms with Crippen LogP contribution in [0, 0.1) is 35.5 Å². The topological polar surface area (TPSA) is 200 Å². The molecule has 0 aromatic heterocycles. The first-order chi connectivity index (χ1) is 26.2. The number of hydrogen-bond donors (Lipinski definition) is 5. The van der Waals surface area contributed by atoms with Gasteiger partial charge in [-0.05, 0) is 89.0 Å². The normalized spacial score (nSPS) is 40.5. The zero-order valence-corrected chi connectivity index (χ0v) is 33.1. The molecule has 3 fully saturated rings. The number of carbonyl (C=O) groups excluding carboxylic acids is 4. The summed E-state index contributed by atoms with van der Waals surface area (Å²) in [5, 5.41) is 53.6. The van der Waals surface area contributed by atoms with Crippen LogP contribution in [-0.4, -0.2) is 123 Å². The molecule has 2 bridgehead atoms. The van der Waals surface area contributed by atoms with E-state index in [-0.39, 0.29) is 69.0 Å². The van der Waals surface area contributed by atoms with Gasteiger partial charge in [-0.3, -0.25) is 14.4 Å². The van der Waals surface area contributed by atoms with Gasteiger partial charge in [0.25, 0.3) is 11.7 Å². The number of fused-ring (bicyclic) bond motifs is 3. The lowest BCUT2D eigenvalue weighted by Crippen LogP contribution is -2.60. The van der Waals surface area contributed by atoms with Crippen LogP contribution in [0.15, 0.2) is 36.5 Å². The Labute approximate surface area is 325 Å². The van der Waals surface area contributed by atoms with Crippen LogP contribution in [0.5, 0.6) is 0 Å². The summed E-state index contributed by atoms with van der Waals surface area (Å²) < 4.78 is 18.0. The molecule has 55 heavy (non-hydrogen) atoms. The number of piperidine rings is 1. The predicted octanol–water partition coefficient (Wildman–Crippen LogP) is 3.19. The Kier molecular flexibility index (Phi) is 16.8. The number of aliphatic hydroxyl groups is 5. The highest BCUT2D eigenvalue weighted by atomic mass is 16.6. The van der Waals surface area contributed by atoms with Crippen LogP contribution in [0.3, 0.4) is 0 Å². The zero-order chi connectivity index (χ0) is 40.4. The number of hydrogen-bond acceptors (Lipinski definition) is 12. The molecule has 13 nitrogen and oxygen atoms in total. The average molecular weight is 776 g/mol. The number of rotatable bonds is 7. The van der Waals surface area contributed by atoms with Crippen molar-refractivity contribution < 1.29 is 58.9 Å². The van der Waals surface area contributed by atoms with Crippen LogP contribution in [0.25, 0.3) is 0 Å². The summed E-state index contributed by atoms with van der Waals surface area (Å²) in [5.41, 5.74) is 0.932. The minimum atomic E-state index is -2.50. The van der Waals surface area contributed by atoms with E-state index in [0.717, 1.165) is 10.5 Å². The van der Waals surface area contributed by atoms with Gasteiger partial charge in [0.15, 0.2) is 0 Å². The molecule has 1 aliphatic carbocycles. The zero-order valence-electron chi connectivity index (χ0n) is 33.1. The molecule has 0 aromatic rings. The van der Waals surface area contributed by atoms with Crippen LogP contribution in [-0.2, 0) is 33.4 Å². The van der Waals surface area contributed by atoms with Crippen molar-refractivity contribution in [2.45, 2.75) is 140 Å². The van der Waals surface area contributed by atoms with Crippen molar-refractivity contribution >= 4 is 23.4 Å². The van der Waals surface area contributed by atoms with E-state index in [9.17, 15) is 44.7 Å². The molecule has 13 heteroatoms. The summed E-state index contributed by atoms with van der Waals surface area (Å²) in [5.74, 6) is -7.91. The van der Waals surface area contributed by atoms with Crippen molar-refractivity contribution in [2.24, 2.45) is 35.5 Å². The average Bonchev–Trinajstić information content (AvgIpc) is 3.17. The maximum absolute atomic E-state index is 14.1. The number of nitrogens with zero attached hydrogens (tertiary/aromatic N) is 1. The number of Topliss-reactive ketones (excluding diaryl/α,β-unsaturated/α-hetero) is 2. The van der Waals surface area contributed by atoms with E-state index in [1.807, 2.05) is 26.0 Å². The van der Waals surface area contributed by atoms with E-state index < -0.39 is 77.8 Å². The lowest BCUT2D eigenvalue weighted by atomic mass is 9.79. The van der Waals surface area contributed by atoms with Gasteiger partial charge in [0.05, 0.1) is 24.4 Å². The number of ketones is 2. The van der Waals surface area contributed by atoms with Crippen molar-refractivity contribution in [3.63, 3.8) is 0 Å². The Morgan fingerprint density at radius 3 is 2.36 bits per heavy atom. The molecule has 3 heterocycles. The molecule has 1 saturated carbocycles. The summed E-state index contributed by atoms with van der Waals surface area (Å²) in [7, 11) is 1.49. The molecular formula is C42H65NO12. The Morgan fingerprint density at radius 2 is 1.69 bits per heavy atom. The molecule has 310 valence electrons. The van der Waals surface area contributed by atoms with Crippen molar-refractivity contribution in [1.29, 1.82) is 0 Å². The highest BCUT2D eigenvalue weighted by Gasteiger charge is 2.52. The van der Waals surface area contributed by atoms with E-state index in [2.05, 4.69) is 6.58 Å². The fraction of sp³-hybridized carbons (Fsp3) is 0.762. The molecule has 4 rings (SSSR count). The van der Waals surface area contributed by atoms with Gasteiger partial charge >= 0.3 is 5.97 Å². The SMILES string of the molecule is C=CC[C@@H]1/C=C(\C)C[C@H](C)C[C@H](OC)[C@H]2O[C@](O)(CC[C@@H]2CO)C(=O)C(=O)N2CCCCC2C(=O)O[C@H](/C=C/[C@@H]2CC[C@@H](O)[C@H](CO)C2)[C@H](C)[C@@H](O)CC1=O. The second-order valence-electron chi connectivity index (χ2n) is 16.6. The summed E-state index contributed by atoms with van der Waals surface area (Å²) in [6.45, 7) is 9.08. The number of amides is 1. The molecule has 0 spiro atoms. The van der Waals surface area contributed by atoms with Gasteiger partial charge in [0.2, 0.25) is 5.79 Å². The Balaban J connectivity index is 1.73. The number of cyclic esters (lactones) is 1. The van der Waals surface area contributed by atoms with Gasteiger partial charge in [0.1, 0.15) is 17.9 Å². The van der Waals surface area contributed by atoms with E-state index in [1.54, 1.807) is 19.1 Å². The van der Waals surface area contributed by atoms with Gasteiger partial charge in [0, 0.05) is 63.4 Å². The lowest BCUT2D eigenvalue weighted by molar-refractivity contribution is -0.274. The van der Waals surface area contributed by atoms with Crippen molar-refractivity contribution in [3.05, 3.63) is 36.5 Å². The van der Waals surface area contributed by atoms with Crippen LogP contribution in [0.2, 0.25) is 0 Å². The first-order valence-corrected chi connectivity index (χ1v) is 20.2.